The molecule has 0 amide bonds. The molecule has 0 aromatic carbocycles. The van der Waals surface area contributed by atoms with E-state index < -0.39 is 0 Å². The predicted octanol–water partition coefficient (Wildman–Crippen LogP) is 20.4. The zero-order valence-electron chi connectivity index (χ0n) is 52.6. The SMILES string of the molecule is C1=C(CNC23CC4CC(CC(C4)C2)C3)CC=C1c1cccs1.Cc1ccc(-c2ccc(CNC34CC5CC(CC(C5)C3)C4)s2)s1.c1cc(-c2nc(CNC34CC5CC(CC(C5)C3)C4)co2)cs1.c1csc(-c2cc(CNC34CC5CC(CC(C5)C3)C4)co2)c1. The number of furan rings is 1. The van der Waals surface area contributed by atoms with E-state index in [2.05, 4.69) is 128 Å². The summed E-state index contributed by atoms with van der Waals surface area (Å²) in [6.45, 7) is 6.18. The second kappa shape index (κ2) is 24.6. The standard InChI is InChI=1S/C20H25NS2.C20H25NS.C19H23NOS.C18H22N2OS/c1-13-2-4-18(22-13)19-5-3-17(23-19)12-21-20-9-14-6-15(10-20)8-16(7-14)11-20;1-2-19(22-5-1)18-4-3-14(9-18)13-21-20-10-15-6-16(11-20)8-17(7-15)12-20;1-2-18(22-3-1)17-7-16(12-21-17)11-20-19-8-13-4-14(9-19)6-15(5-13)10-19;1-2-22-11-15(1)17-20-16(10-21-17)9-19-18-6-12-3-13(7-18)5-14(4-12)8-18/h2-5,14-16,21H,6-12H2,1H3;1-2,4-5,9,15-17,21H,3,6-8,10-13H2;1-3,7,12-15,20H,4-6,8-11H2;1-2,10-14,19H,3-9H2. The molecule has 16 fully saturated rings. The first-order chi connectivity index (χ1) is 43.5. The highest BCUT2D eigenvalue weighted by Gasteiger charge is 2.54. The summed E-state index contributed by atoms with van der Waals surface area (Å²) in [6.07, 6.45) is 45.0. The zero-order valence-corrected chi connectivity index (χ0v) is 56.7. The number of hydrogen-bond donors (Lipinski definition) is 4. The van der Waals surface area contributed by atoms with Crippen LogP contribution >= 0.6 is 56.7 Å². The number of allylic oxidation sites excluding steroid dienone is 3. The monoisotopic (exact) mass is 1280 g/mol. The fraction of sp³-hybridized carbons (Fsp3) is 0.597. The van der Waals surface area contributed by atoms with Gasteiger partial charge in [0, 0.05) is 89.2 Å². The lowest BCUT2D eigenvalue weighted by Crippen LogP contribution is -2.58. The third kappa shape index (κ3) is 12.9. The number of thiophene rings is 5. The minimum absolute atomic E-state index is 0.399. The maximum absolute atomic E-state index is 5.75. The molecule has 0 unspecified atom stereocenters. The van der Waals surface area contributed by atoms with Gasteiger partial charge in [0.2, 0.25) is 5.89 Å². The van der Waals surface area contributed by atoms with Crippen LogP contribution in [0.1, 0.15) is 186 Å². The van der Waals surface area contributed by atoms with Gasteiger partial charge in [0.05, 0.1) is 16.8 Å². The maximum Gasteiger partial charge on any atom is 0.227 e. The van der Waals surface area contributed by atoms with Crippen molar-refractivity contribution in [2.75, 3.05) is 6.54 Å². The molecule has 17 aliphatic carbocycles. The van der Waals surface area contributed by atoms with Crippen LogP contribution in [0.15, 0.2) is 121 Å². The Morgan fingerprint density at radius 2 is 0.955 bits per heavy atom. The molecule has 89 heavy (non-hydrogen) atoms. The van der Waals surface area contributed by atoms with Gasteiger partial charge in [-0.05, 0) is 309 Å². The average molecular weight is 1280 g/mol. The van der Waals surface area contributed by atoms with Crippen molar-refractivity contribution in [3.63, 3.8) is 0 Å². The van der Waals surface area contributed by atoms with E-state index in [0.29, 0.717) is 22.2 Å². The molecule has 16 saturated carbocycles. The van der Waals surface area contributed by atoms with Crippen LogP contribution in [0.5, 0.6) is 0 Å². The number of oxazole rings is 1. The topological polar surface area (TPSA) is 87.3 Å². The molecule has 7 nitrogen and oxygen atoms in total. The van der Waals surface area contributed by atoms with E-state index in [1.807, 2.05) is 46.5 Å². The molecular weight excluding hydrogens is 1190 g/mol. The Kier molecular flexibility index (Phi) is 16.3. The van der Waals surface area contributed by atoms with Gasteiger partial charge in [0.1, 0.15) is 12.0 Å². The van der Waals surface area contributed by atoms with Crippen LogP contribution in [-0.2, 0) is 19.6 Å². The predicted molar refractivity (Wildman–Crippen MR) is 371 cm³/mol. The van der Waals surface area contributed by atoms with Crippen molar-refractivity contribution in [1.29, 1.82) is 0 Å². The number of aromatic nitrogens is 1. The second-order valence-electron chi connectivity index (χ2n) is 32.0. The number of aryl methyl sites for hydroxylation is 1. The third-order valence-corrected chi connectivity index (χ3v) is 29.7. The second-order valence-corrected chi connectivity index (χ2v) is 37.1. The first-order valence-electron chi connectivity index (χ1n) is 35.2. The summed E-state index contributed by atoms with van der Waals surface area (Å²) in [6, 6.07) is 22.0. The lowest BCUT2D eigenvalue weighted by molar-refractivity contribution is -0.0208. The smallest absolute Gasteiger partial charge is 0.227 e. The minimum Gasteiger partial charge on any atom is -0.463 e. The molecule has 0 atom stereocenters. The molecule has 17 aliphatic rings. The van der Waals surface area contributed by atoms with E-state index in [-0.39, 0.29) is 0 Å². The highest BCUT2D eigenvalue weighted by Crippen LogP contribution is 2.59. The van der Waals surface area contributed by atoms with Gasteiger partial charge in [-0.1, -0.05) is 29.9 Å². The summed E-state index contributed by atoms with van der Waals surface area (Å²) in [4.78, 5) is 13.1. The number of rotatable bonds is 16. The van der Waals surface area contributed by atoms with Crippen LogP contribution in [-0.4, -0.2) is 33.7 Å². The van der Waals surface area contributed by atoms with E-state index in [4.69, 9.17) is 8.83 Å². The van der Waals surface area contributed by atoms with E-state index in [1.54, 1.807) is 28.2 Å². The molecule has 0 radical (unpaired) electrons. The number of hydrogen-bond acceptors (Lipinski definition) is 12. The van der Waals surface area contributed by atoms with Gasteiger partial charge in [0.25, 0.3) is 0 Å². The van der Waals surface area contributed by atoms with Crippen LogP contribution in [0.2, 0.25) is 0 Å². The summed E-state index contributed by atoms with van der Waals surface area (Å²) in [5, 5.41) is 24.3. The van der Waals surface area contributed by atoms with Crippen LogP contribution < -0.4 is 21.3 Å². The molecule has 0 saturated heterocycles. The summed E-state index contributed by atoms with van der Waals surface area (Å²) >= 11 is 9.16. The Morgan fingerprint density at radius 3 is 1.44 bits per heavy atom. The maximum atomic E-state index is 5.75. The molecule has 7 aromatic rings. The lowest BCUT2D eigenvalue weighted by Gasteiger charge is -2.57. The molecule has 4 N–H and O–H groups in total. The van der Waals surface area contributed by atoms with Crippen molar-refractivity contribution in [1.82, 2.24) is 26.3 Å². The van der Waals surface area contributed by atoms with E-state index in [0.717, 1.165) is 127 Å². The molecular formula is C77H95N5O2S5. The van der Waals surface area contributed by atoms with Gasteiger partial charge in [-0.2, -0.15) is 11.3 Å². The van der Waals surface area contributed by atoms with Gasteiger partial charge in [-0.3, -0.25) is 0 Å². The van der Waals surface area contributed by atoms with Gasteiger partial charge < -0.3 is 30.1 Å². The summed E-state index contributed by atoms with van der Waals surface area (Å²) in [5.41, 5.74) is 8.27. The van der Waals surface area contributed by atoms with Gasteiger partial charge in [-0.15, -0.1) is 45.3 Å². The minimum atomic E-state index is 0.399. The van der Waals surface area contributed by atoms with Crippen molar-refractivity contribution in [2.24, 2.45) is 71.0 Å². The Balaban J connectivity index is 0.0000000918. The third-order valence-electron chi connectivity index (χ3n) is 24.9. The van der Waals surface area contributed by atoms with Crippen molar-refractivity contribution in [3.8, 4) is 31.8 Å². The van der Waals surface area contributed by atoms with Crippen molar-refractivity contribution in [2.45, 2.75) is 209 Å². The quantitative estimate of drug-likeness (QED) is 0.0767. The highest BCUT2D eigenvalue weighted by molar-refractivity contribution is 7.22. The fourth-order valence-electron chi connectivity index (χ4n) is 22.9. The Labute approximate surface area is 550 Å². The normalized spacial score (nSPS) is 36.6. The van der Waals surface area contributed by atoms with Crippen molar-refractivity contribution >= 4 is 62.3 Å². The van der Waals surface area contributed by atoms with E-state index in [1.165, 1.54) is 194 Å². The first kappa shape index (κ1) is 59.1. The van der Waals surface area contributed by atoms with Gasteiger partial charge >= 0.3 is 0 Å². The lowest BCUT2D eigenvalue weighted by atomic mass is 9.53. The van der Waals surface area contributed by atoms with Crippen LogP contribution in [0, 0.1) is 77.9 Å². The van der Waals surface area contributed by atoms with Crippen LogP contribution in [0.4, 0.5) is 0 Å². The summed E-state index contributed by atoms with van der Waals surface area (Å²) in [7, 11) is 0. The van der Waals surface area contributed by atoms with Crippen LogP contribution in [0.3, 0.4) is 0 Å². The van der Waals surface area contributed by atoms with Crippen molar-refractivity contribution in [3.05, 3.63) is 138 Å². The number of nitrogens with zero attached hydrogens (tertiary/aromatic N) is 1. The van der Waals surface area contributed by atoms with Crippen LogP contribution in [0.25, 0.3) is 37.4 Å². The highest BCUT2D eigenvalue weighted by atomic mass is 32.1. The first-order valence-corrected chi connectivity index (χ1v) is 39.5. The number of nitrogens with one attached hydrogen (secondary N) is 4. The molecule has 470 valence electrons. The summed E-state index contributed by atoms with van der Waals surface area (Å²) < 4.78 is 11.4. The molecule has 7 heterocycles. The molecule has 12 heteroatoms. The molecule has 0 aliphatic heterocycles. The Hall–Kier alpha value is -3.69. The average Bonchev–Trinajstić information content (AvgIpc) is 2.00. The summed E-state index contributed by atoms with van der Waals surface area (Å²) in [5.74, 6) is 13.9. The van der Waals surface area contributed by atoms with Gasteiger partial charge in [0.15, 0.2) is 0 Å². The zero-order chi connectivity index (χ0) is 59.2. The fourth-order valence-corrected chi connectivity index (χ4v) is 26.8. The molecule has 16 bridgehead atoms. The Morgan fingerprint density at radius 1 is 0.472 bits per heavy atom. The van der Waals surface area contributed by atoms with E-state index in [9.17, 15) is 0 Å². The largest absolute Gasteiger partial charge is 0.463 e. The van der Waals surface area contributed by atoms with Gasteiger partial charge in [-0.25, -0.2) is 4.98 Å². The van der Waals surface area contributed by atoms with E-state index >= 15 is 0 Å². The molecule has 24 rings (SSSR count). The van der Waals surface area contributed by atoms with Crippen molar-refractivity contribution < 1.29 is 8.83 Å². The molecule has 7 aromatic heterocycles. The Bertz CT molecular complexity index is 3330. The molecule has 0 spiro atoms.